The van der Waals surface area contributed by atoms with Crippen molar-refractivity contribution in [2.24, 2.45) is 0 Å². The number of nitrogens with one attached hydrogen (secondary N) is 1. The van der Waals surface area contributed by atoms with Crippen molar-refractivity contribution in [1.29, 1.82) is 0 Å². The van der Waals surface area contributed by atoms with Crippen LogP contribution in [0.25, 0.3) is 0 Å². The smallest absolute Gasteiger partial charge is 0.330 e. The van der Waals surface area contributed by atoms with Gasteiger partial charge in [0, 0.05) is 5.56 Å². The van der Waals surface area contributed by atoms with E-state index in [9.17, 15) is 14.0 Å². The summed E-state index contributed by atoms with van der Waals surface area (Å²) in [7, 11) is 1.55. The third-order valence-corrected chi connectivity index (χ3v) is 3.31. The number of halogens is 1. The lowest BCUT2D eigenvalue weighted by Gasteiger charge is -2.16. The first-order valence-corrected chi connectivity index (χ1v) is 6.51. The molecule has 3 rings (SSSR count). The lowest BCUT2D eigenvalue weighted by Crippen LogP contribution is -2.36. The van der Waals surface area contributed by atoms with Crippen LogP contribution >= 0.6 is 0 Å². The van der Waals surface area contributed by atoms with Crippen LogP contribution in [-0.2, 0) is 11.3 Å². The third kappa shape index (κ3) is 2.60. The average Bonchev–Trinajstić information content (AvgIpc) is 2.72. The molecule has 1 aromatic carbocycles. The Morgan fingerprint density at radius 3 is 3.00 bits per heavy atom. The summed E-state index contributed by atoms with van der Waals surface area (Å²) in [5.41, 5.74) is -1.08. The molecule has 8 heteroatoms. The summed E-state index contributed by atoms with van der Waals surface area (Å²) in [6.07, 6.45) is -0.0385. The van der Waals surface area contributed by atoms with Gasteiger partial charge in [-0.25, -0.2) is 4.79 Å². The maximum absolute atomic E-state index is 13.4. The van der Waals surface area contributed by atoms with E-state index in [1.54, 1.807) is 25.3 Å². The molecule has 0 saturated heterocycles. The Bertz CT molecular complexity index is 814. The highest BCUT2D eigenvalue weighted by molar-refractivity contribution is 5.40. The minimum absolute atomic E-state index is 0.00468. The van der Waals surface area contributed by atoms with Crippen LogP contribution in [0.3, 0.4) is 0 Å². The van der Waals surface area contributed by atoms with E-state index in [0.717, 1.165) is 16.3 Å². The van der Waals surface area contributed by atoms with Crippen molar-refractivity contribution >= 4 is 0 Å². The highest BCUT2D eigenvalue weighted by Crippen LogP contribution is 2.29. The van der Waals surface area contributed by atoms with Crippen LogP contribution < -0.4 is 20.7 Å². The van der Waals surface area contributed by atoms with Crippen molar-refractivity contribution in [3.05, 3.63) is 56.6 Å². The number of aromatic nitrogens is 2. The predicted octanol–water partition coefficient (Wildman–Crippen LogP) is 0.792. The van der Waals surface area contributed by atoms with Crippen LogP contribution in [0.1, 0.15) is 11.8 Å². The second-order valence-corrected chi connectivity index (χ2v) is 4.69. The summed E-state index contributed by atoms with van der Waals surface area (Å²) in [4.78, 5) is 24.7. The number of hydrogen-bond acceptors (Lipinski definition) is 5. The van der Waals surface area contributed by atoms with Crippen molar-refractivity contribution < 1.29 is 18.6 Å². The fourth-order valence-corrected chi connectivity index (χ4v) is 2.17. The van der Waals surface area contributed by atoms with Gasteiger partial charge >= 0.3 is 5.69 Å². The highest BCUT2D eigenvalue weighted by atomic mass is 19.1. The molecular weight excluding hydrogens is 295 g/mol. The fraction of sp³-hybridized carbons (Fsp3) is 0.286. The standard InChI is InChI=1S/C14H13FN2O5/c1-20-9-2-3-11-8(4-9)6-22-12(7-21-11)17-5-10(15)13(18)16-14(17)19/h2-5,12H,6-7H2,1H3,(H,16,18,19)/t12-/m0/s1. The molecule has 0 radical (unpaired) electrons. The van der Waals surface area contributed by atoms with Gasteiger partial charge < -0.3 is 14.2 Å². The van der Waals surface area contributed by atoms with Gasteiger partial charge in [-0.1, -0.05) is 0 Å². The van der Waals surface area contributed by atoms with E-state index < -0.39 is 23.3 Å². The predicted molar refractivity (Wildman–Crippen MR) is 73.6 cm³/mol. The van der Waals surface area contributed by atoms with Gasteiger partial charge in [0.05, 0.1) is 19.9 Å². The lowest BCUT2D eigenvalue weighted by atomic mass is 10.2. The number of H-pyrrole nitrogens is 1. The zero-order valence-corrected chi connectivity index (χ0v) is 11.7. The summed E-state index contributed by atoms with van der Waals surface area (Å²) in [5.74, 6) is 0.185. The Hall–Kier alpha value is -2.61. The molecule has 22 heavy (non-hydrogen) atoms. The summed E-state index contributed by atoms with van der Waals surface area (Å²) >= 11 is 0. The van der Waals surface area contributed by atoms with Crippen LogP contribution in [0.4, 0.5) is 4.39 Å². The SMILES string of the molecule is COc1ccc2c(c1)CO[C@H](n1cc(F)c(=O)[nH]c1=O)CO2. The van der Waals surface area contributed by atoms with Gasteiger partial charge in [0.2, 0.25) is 5.82 Å². The molecule has 1 N–H and O–H groups in total. The molecule has 7 nitrogen and oxygen atoms in total. The van der Waals surface area contributed by atoms with Gasteiger partial charge in [0.1, 0.15) is 18.1 Å². The quantitative estimate of drug-likeness (QED) is 0.887. The Morgan fingerprint density at radius 1 is 1.41 bits per heavy atom. The molecule has 0 aliphatic carbocycles. The average molecular weight is 308 g/mol. The molecule has 0 unspecified atom stereocenters. The molecule has 1 aromatic heterocycles. The molecule has 1 aliphatic rings. The van der Waals surface area contributed by atoms with Crippen LogP contribution in [0.5, 0.6) is 11.5 Å². The molecule has 0 amide bonds. The van der Waals surface area contributed by atoms with E-state index in [1.807, 2.05) is 4.98 Å². The number of ether oxygens (including phenoxy) is 3. The molecular formula is C14H13FN2O5. The van der Waals surface area contributed by atoms with Crippen molar-refractivity contribution in [2.45, 2.75) is 12.8 Å². The molecule has 0 bridgehead atoms. The molecule has 0 saturated carbocycles. The van der Waals surface area contributed by atoms with Crippen molar-refractivity contribution in [2.75, 3.05) is 13.7 Å². The van der Waals surface area contributed by atoms with Crippen LogP contribution in [-0.4, -0.2) is 23.3 Å². The zero-order chi connectivity index (χ0) is 15.7. The summed E-state index contributed by atoms with van der Waals surface area (Å²) in [6.45, 7) is 0.162. The maximum Gasteiger partial charge on any atom is 0.330 e. The van der Waals surface area contributed by atoms with Gasteiger partial charge in [0.25, 0.3) is 5.56 Å². The molecule has 0 fully saturated rings. The third-order valence-electron chi connectivity index (χ3n) is 3.31. The number of nitrogens with zero attached hydrogens (tertiary/aromatic N) is 1. The topological polar surface area (TPSA) is 82.5 Å². The Morgan fingerprint density at radius 2 is 2.23 bits per heavy atom. The van der Waals surface area contributed by atoms with E-state index in [2.05, 4.69) is 0 Å². The van der Waals surface area contributed by atoms with Crippen LogP contribution in [0.15, 0.2) is 34.0 Å². The number of hydrogen-bond donors (Lipinski definition) is 1. The summed E-state index contributed by atoms with van der Waals surface area (Å²) in [5, 5.41) is 0. The van der Waals surface area contributed by atoms with Crippen LogP contribution in [0.2, 0.25) is 0 Å². The zero-order valence-electron chi connectivity index (χ0n) is 11.7. The van der Waals surface area contributed by atoms with E-state index in [0.29, 0.717) is 11.5 Å². The molecule has 2 heterocycles. The number of fused-ring (bicyclic) bond motifs is 1. The summed E-state index contributed by atoms with van der Waals surface area (Å²) < 4.78 is 30.6. The minimum atomic E-state index is -1.07. The second kappa shape index (κ2) is 5.64. The number of aromatic amines is 1. The number of methoxy groups -OCH3 is 1. The second-order valence-electron chi connectivity index (χ2n) is 4.69. The number of rotatable bonds is 2. The molecule has 2 aromatic rings. The van der Waals surface area contributed by atoms with Crippen LogP contribution in [0, 0.1) is 5.82 Å². The Labute approximate surface area is 123 Å². The van der Waals surface area contributed by atoms with Crippen molar-refractivity contribution in [3.63, 3.8) is 0 Å². The van der Waals surface area contributed by atoms with E-state index in [-0.39, 0.29) is 13.2 Å². The minimum Gasteiger partial charge on any atom is -0.497 e. The Balaban J connectivity index is 1.90. The first-order valence-electron chi connectivity index (χ1n) is 6.51. The fourth-order valence-electron chi connectivity index (χ4n) is 2.17. The summed E-state index contributed by atoms with van der Waals surface area (Å²) in [6, 6.07) is 5.23. The molecule has 0 spiro atoms. The normalized spacial score (nSPS) is 17.3. The maximum atomic E-state index is 13.4. The van der Waals surface area contributed by atoms with Gasteiger partial charge in [-0.3, -0.25) is 14.3 Å². The lowest BCUT2D eigenvalue weighted by molar-refractivity contribution is -0.0295. The first kappa shape index (κ1) is 14.3. The Kier molecular flexibility index (Phi) is 3.68. The van der Waals surface area contributed by atoms with E-state index in [4.69, 9.17) is 14.2 Å². The highest BCUT2D eigenvalue weighted by Gasteiger charge is 2.21. The van der Waals surface area contributed by atoms with Gasteiger partial charge in [-0.2, -0.15) is 4.39 Å². The molecule has 1 aliphatic heterocycles. The largest absolute Gasteiger partial charge is 0.497 e. The van der Waals surface area contributed by atoms with Crippen molar-refractivity contribution in [1.82, 2.24) is 9.55 Å². The number of benzene rings is 1. The van der Waals surface area contributed by atoms with Gasteiger partial charge in [0.15, 0.2) is 6.23 Å². The van der Waals surface area contributed by atoms with E-state index in [1.165, 1.54) is 0 Å². The molecule has 1 atom stereocenters. The van der Waals surface area contributed by atoms with Gasteiger partial charge in [-0.15, -0.1) is 0 Å². The monoisotopic (exact) mass is 308 g/mol. The van der Waals surface area contributed by atoms with Gasteiger partial charge in [-0.05, 0) is 18.2 Å². The molecule has 116 valence electrons. The first-order chi connectivity index (χ1) is 10.6. The van der Waals surface area contributed by atoms with Crippen molar-refractivity contribution in [3.8, 4) is 11.5 Å². The van der Waals surface area contributed by atoms with E-state index >= 15 is 0 Å².